The molecule has 8 atom stereocenters. The average Bonchev–Trinajstić information content (AvgIpc) is 2.62. The molecule has 0 aromatic rings. The Morgan fingerprint density at radius 2 is 0.769 bits per heavy atom. The molecule has 0 aliphatic rings. The third-order valence-electron chi connectivity index (χ3n) is 2.83. The van der Waals surface area contributed by atoms with Crippen LogP contribution in [0.1, 0.15) is 0 Å². The van der Waals surface area contributed by atoms with Crippen LogP contribution < -0.4 is 0 Å². The zero-order chi connectivity index (χ0) is 21.2. The lowest BCUT2D eigenvalue weighted by Gasteiger charge is -2.21. The van der Waals surface area contributed by atoms with E-state index in [1.165, 1.54) is 0 Å². The van der Waals surface area contributed by atoms with Gasteiger partial charge in [0.1, 0.15) is 36.6 Å². The highest BCUT2D eigenvalue weighted by Gasteiger charge is 2.34. The maximum atomic E-state index is 10.1. The number of rotatable bonds is 10. The Balaban J connectivity index is 0. The predicted molar refractivity (Wildman–Crippen MR) is 75.5 cm³/mol. The number of hydrogen-bond donors (Lipinski definition) is 10. The molecule has 0 unspecified atom stereocenters. The summed E-state index contributed by atoms with van der Waals surface area (Å²) in [5.41, 5.74) is 0. The third-order valence-corrected chi connectivity index (χ3v) is 2.83. The number of carboxylic acids is 2. The number of hydrogen-bond acceptors (Lipinski definition) is 12. The van der Waals surface area contributed by atoms with Crippen LogP contribution in [0.5, 0.6) is 0 Å². The molecule has 0 aliphatic carbocycles. The molecule has 14 nitrogen and oxygen atoms in total. The quantitative estimate of drug-likeness (QED) is 0.156. The second kappa shape index (κ2) is 12.3. The number of aliphatic carboxylic acids is 2. The maximum Gasteiger partial charge on any atom is 0.335 e. The van der Waals surface area contributed by atoms with Gasteiger partial charge in [0.05, 0.1) is 0 Å². The highest BCUT2D eigenvalue weighted by molar-refractivity contribution is 5.73. The van der Waals surface area contributed by atoms with Crippen LogP contribution in [0.4, 0.5) is 0 Å². The third kappa shape index (κ3) is 8.37. The van der Waals surface area contributed by atoms with Crippen molar-refractivity contribution in [3.05, 3.63) is 0 Å². The second-order valence-corrected chi connectivity index (χ2v) is 4.78. The summed E-state index contributed by atoms with van der Waals surface area (Å²) in [6, 6.07) is 0. The Bertz CT molecular complexity index is 425. The molecule has 0 aliphatic heterocycles. The van der Waals surface area contributed by atoms with E-state index in [0.29, 0.717) is 0 Å². The molecule has 14 heteroatoms. The smallest absolute Gasteiger partial charge is 0.335 e. The van der Waals surface area contributed by atoms with Gasteiger partial charge in [-0.2, -0.15) is 0 Å². The number of carboxylic acid groups (broad SMARTS) is 2. The molecule has 0 spiro atoms. The zero-order valence-electron chi connectivity index (χ0n) is 12.9. The largest absolute Gasteiger partial charge is 0.479 e. The van der Waals surface area contributed by atoms with Gasteiger partial charge in [-0.3, -0.25) is 0 Å². The van der Waals surface area contributed by atoms with Crippen LogP contribution in [0.15, 0.2) is 0 Å². The second-order valence-electron chi connectivity index (χ2n) is 4.78. The minimum absolute atomic E-state index is 0.0809. The fourth-order valence-electron chi connectivity index (χ4n) is 1.23. The Hall–Kier alpha value is -2.04. The van der Waals surface area contributed by atoms with Crippen LogP contribution in [0.25, 0.3) is 0 Å². The first-order valence-electron chi connectivity index (χ1n) is 6.64. The number of carbonyl (C=O) groups excluding carboxylic acids is 2. The first kappa shape index (κ1) is 26.2. The summed E-state index contributed by atoms with van der Waals surface area (Å²) in [5, 5.41) is 86.4. The molecule has 0 aromatic heterocycles. The van der Waals surface area contributed by atoms with Gasteiger partial charge >= 0.3 is 11.9 Å². The van der Waals surface area contributed by atoms with E-state index in [1.54, 1.807) is 0 Å². The molecule has 0 bridgehead atoms. The van der Waals surface area contributed by atoms with Gasteiger partial charge in [-0.1, -0.05) is 0 Å². The van der Waals surface area contributed by atoms with Crippen molar-refractivity contribution in [1.29, 1.82) is 0 Å². The Labute approximate surface area is 144 Å². The van der Waals surface area contributed by atoms with Crippen molar-refractivity contribution < 1.29 is 70.2 Å². The van der Waals surface area contributed by atoms with Crippen molar-refractivity contribution in [2.45, 2.75) is 48.8 Å². The minimum atomic E-state index is -2.25. The summed E-state index contributed by atoms with van der Waals surface area (Å²) in [6.45, 7) is 0. The first-order chi connectivity index (χ1) is 11.8. The molecule has 0 rings (SSSR count). The van der Waals surface area contributed by atoms with E-state index in [0.717, 1.165) is 0 Å². The van der Waals surface area contributed by atoms with Gasteiger partial charge in [0.15, 0.2) is 24.8 Å². The lowest BCUT2D eigenvalue weighted by Crippen LogP contribution is -2.48. The zero-order valence-corrected chi connectivity index (χ0v) is 12.9. The van der Waals surface area contributed by atoms with Crippen molar-refractivity contribution in [2.75, 3.05) is 0 Å². The number of aliphatic hydroxyl groups excluding tert-OH is 8. The van der Waals surface area contributed by atoms with Crippen LogP contribution >= 0.6 is 0 Å². The molecule has 0 radical (unpaired) electrons. The number of carbonyl (C=O) groups is 4. The highest BCUT2D eigenvalue weighted by atomic mass is 16.4. The van der Waals surface area contributed by atoms with Crippen LogP contribution in [-0.4, -0.2) is 124 Å². The topological polar surface area (TPSA) is 271 Å². The summed E-state index contributed by atoms with van der Waals surface area (Å²) < 4.78 is 0. The summed E-state index contributed by atoms with van der Waals surface area (Å²) in [4.78, 5) is 39.9. The average molecular weight is 388 g/mol. The first-order valence-corrected chi connectivity index (χ1v) is 6.64. The molecule has 152 valence electrons. The molecule has 0 fully saturated rings. The Morgan fingerprint density at radius 1 is 0.538 bits per heavy atom. The van der Waals surface area contributed by atoms with E-state index in [-0.39, 0.29) is 12.6 Å². The predicted octanol–water partition coefficient (Wildman–Crippen LogP) is -6.57. The van der Waals surface area contributed by atoms with E-state index < -0.39 is 60.8 Å². The Morgan fingerprint density at radius 3 is 0.923 bits per heavy atom. The minimum Gasteiger partial charge on any atom is -0.479 e. The van der Waals surface area contributed by atoms with E-state index in [1.807, 2.05) is 0 Å². The molecule has 0 saturated carbocycles. The van der Waals surface area contributed by atoms with Crippen molar-refractivity contribution in [2.24, 2.45) is 0 Å². The summed E-state index contributed by atoms with van der Waals surface area (Å²) in [5.74, 6) is -3.52. The van der Waals surface area contributed by atoms with Crippen LogP contribution in [0, 0.1) is 0 Å². The molecule has 0 saturated heterocycles. The molecule has 26 heavy (non-hydrogen) atoms. The SMILES string of the molecule is O=C[C@@H](O)[C@@H](O)[C@H](O)[C@H](O)C(=O)O.O=C[C@H](O)[C@@H](O)[C@H](O)[C@H](O)C(=O)O. The maximum absolute atomic E-state index is 10.1. The Kier molecular flexibility index (Phi) is 12.4. The lowest BCUT2D eigenvalue weighted by atomic mass is 10.0. The van der Waals surface area contributed by atoms with Gasteiger partial charge in [-0.25, -0.2) is 9.59 Å². The standard InChI is InChI=1S/2C6H10O7/c2*7-1-2(8)3(9)4(10)5(11)6(12)13/h2*1-5,8-11H,(H,12,13)/t2-,3+,4-,5-;2-,3-,4+,5+/m01/s1. The van der Waals surface area contributed by atoms with Crippen LogP contribution in [-0.2, 0) is 19.2 Å². The molecule has 0 amide bonds. The van der Waals surface area contributed by atoms with Crippen LogP contribution in [0.2, 0.25) is 0 Å². The summed E-state index contributed by atoms with van der Waals surface area (Å²) >= 11 is 0. The van der Waals surface area contributed by atoms with Gasteiger partial charge in [-0.15, -0.1) is 0 Å². The molecular formula is C12H20O14. The van der Waals surface area contributed by atoms with Gasteiger partial charge in [0.25, 0.3) is 0 Å². The van der Waals surface area contributed by atoms with Crippen molar-refractivity contribution in [1.82, 2.24) is 0 Å². The van der Waals surface area contributed by atoms with Gasteiger partial charge in [0, 0.05) is 0 Å². The highest BCUT2D eigenvalue weighted by Crippen LogP contribution is 2.04. The van der Waals surface area contributed by atoms with E-state index in [9.17, 15) is 19.2 Å². The fourth-order valence-corrected chi connectivity index (χ4v) is 1.23. The molecular weight excluding hydrogens is 368 g/mol. The lowest BCUT2D eigenvalue weighted by molar-refractivity contribution is -0.164. The normalized spacial score (nSPS) is 20.0. The fraction of sp³-hybridized carbons (Fsp3) is 0.667. The molecule has 0 heterocycles. The summed E-state index contributed by atoms with van der Waals surface area (Å²) in [7, 11) is 0. The summed E-state index contributed by atoms with van der Waals surface area (Å²) in [6.07, 6.45) is -16.8. The van der Waals surface area contributed by atoms with E-state index in [2.05, 4.69) is 0 Å². The van der Waals surface area contributed by atoms with Crippen molar-refractivity contribution in [3.8, 4) is 0 Å². The number of aldehydes is 2. The van der Waals surface area contributed by atoms with Gasteiger partial charge in [-0.05, 0) is 0 Å². The van der Waals surface area contributed by atoms with Crippen molar-refractivity contribution >= 4 is 24.5 Å². The monoisotopic (exact) mass is 388 g/mol. The van der Waals surface area contributed by atoms with Gasteiger partial charge < -0.3 is 60.7 Å². The van der Waals surface area contributed by atoms with E-state index in [4.69, 9.17) is 51.1 Å². The van der Waals surface area contributed by atoms with Crippen LogP contribution in [0.3, 0.4) is 0 Å². The molecule has 10 N–H and O–H groups in total. The van der Waals surface area contributed by atoms with E-state index >= 15 is 0 Å². The van der Waals surface area contributed by atoms with Gasteiger partial charge in [0.2, 0.25) is 0 Å². The molecule has 0 aromatic carbocycles. The number of aliphatic hydroxyl groups is 8. The van der Waals surface area contributed by atoms with Crippen molar-refractivity contribution in [3.63, 3.8) is 0 Å².